The summed E-state index contributed by atoms with van der Waals surface area (Å²) in [6, 6.07) is 4.66. The fourth-order valence-corrected chi connectivity index (χ4v) is 5.96. The molecule has 0 amide bonds. The Morgan fingerprint density at radius 3 is 1.69 bits per heavy atom. The van der Waals surface area contributed by atoms with Gasteiger partial charge in [-0.2, -0.15) is 0 Å². The SMILES string of the molecule is CCCCC[C@H]1CC[C@H](CCCC[C@H]2CC[C@H](c3cccc(F)c3F)CC2)CC1. The quantitative estimate of drug-likeness (QED) is 0.341. The minimum atomic E-state index is -0.695. The van der Waals surface area contributed by atoms with Crippen LogP contribution in [0.4, 0.5) is 8.78 Å². The van der Waals surface area contributed by atoms with Crippen LogP contribution in [0.15, 0.2) is 18.2 Å². The van der Waals surface area contributed by atoms with E-state index < -0.39 is 11.6 Å². The first-order valence-electron chi connectivity index (χ1n) is 12.6. The van der Waals surface area contributed by atoms with Crippen molar-refractivity contribution in [2.24, 2.45) is 17.8 Å². The minimum Gasteiger partial charge on any atom is -0.204 e. The molecule has 1 aromatic carbocycles. The molecule has 2 aliphatic rings. The summed E-state index contributed by atoms with van der Waals surface area (Å²) < 4.78 is 27.5. The third-order valence-electron chi connectivity index (χ3n) is 7.93. The molecule has 0 aliphatic heterocycles. The van der Waals surface area contributed by atoms with E-state index in [2.05, 4.69) is 6.92 Å². The third-order valence-corrected chi connectivity index (χ3v) is 7.93. The molecule has 29 heavy (non-hydrogen) atoms. The van der Waals surface area contributed by atoms with Crippen molar-refractivity contribution in [3.05, 3.63) is 35.4 Å². The molecule has 0 radical (unpaired) electrons. The van der Waals surface area contributed by atoms with Crippen LogP contribution in [0.2, 0.25) is 0 Å². The van der Waals surface area contributed by atoms with E-state index >= 15 is 0 Å². The summed E-state index contributed by atoms with van der Waals surface area (Å²) in [5.74, 6) is 1.72. The topological polar surface area (TPSA) is 0 Å². The molecule has 0 bridgehead atoms. The maximum absolute atomic E-state index is 14.0. The van der Waals surface area contributed by atoms with Crippen molar-refractivity contribution in [3.63, 3.8) is 0 Å². The number of halogens is 2. The average molecular weight is 405 g/mol. The molecule has 2 saturated carbocycles. The van der Waals surface area contributed by atoms with Crippen LogP contribution in [-0.4, -0.2) is 0 Å². The van der Waals surface area contributed by atoms with Crippen LogP contribution in [0, 0.1) is 29.4 Å². The molecular weight excluding hydrogens is 362 g/mol. The van der Waals surface area contributed by atoms with Crippen LogP contribution in [0.1, 0.15) is 121 Å². The smallest absolute Gasteiger partial charge is 0.162 e. The van der Waals surface area contributed by atoms with Crippen LogP contribution in [0.5, 0.6) is 0 Å². The van der Waals surface area contributed by atoms with Crippen molar-refractivity contribution in [3.8, 4) is 0 Å². The fraction of sp³-hybridized carbons (Fsp3) is 0.778. The Kier molecular flexibility index (Phi) is 9.46. The van der Waals surface area contributed by atoms with Crippen LogP contribution in [-0.2, 0) is 0 Å². The lowest BCUT2D eigenvalue weighted by molar-refractivity contribution is 0.240. The van der Waals surface area contributed by atoms with Gasteiger partial charge in [-0.3, -0.25) is 0 Å². The van der Waals surface area contributed by atoms with Crippen molar-refractivity contribution in [1.82, 2.24) is 0 Å². The van der Waals surface area contributed by atoms with Crippen molar-refractivity contribution in [2.45, 2.75) is 116 Å². The molecule has 0 aromatic heterocycles. The Morgan fingerprint density at radius 2 is 1.17 bits per heavy atom. The highest BCUT2D eigenvalue weighted by Crippen LogP contribution is 2.39. The first kappa shape index (κ1) is 22.8. The molecule has 0 saturated heterocycles. The van der Waals surface area contributed by atoms with E-state index in [9.17, 15) is 8.78 Å². The Morgan fingerprint density at radius 1 is 0.690 bits per heavy atom. The number of hydrogen-bond acceptors (Lipinski definition) is 0. The molecule has 164 valence electrons. The van der Waals surface area contributed by atoms with Gasteiger partial charge in [0.25, 0.3) is 0 Å². The molecule has 0 spiro atoms. The Hall–Kier alpha value is -0.920. The van der Waals surface area contributed by atoms with E-state index in [0.29, 0.717) is 5.56 Å². The molecule has 0 unspecified atom stereocenters. The summed E-state index contributed by atoms with van der Waals surface area (Å²) in [5, 5.41) is 0. The zero-order valence-corrected chi connectivity index (χ0v) is 18.6. The number of hydrogen-bond donors (Lipinski definition) is 0. The normalized spacial score (nSPS) is 27.8. The van der Waals surface area contributed by atoms with E-state index in [1.54, 1.807) is 12.1 Å². The van der Waals surface area contributed by atoms with E-state index in [-0.39, 0.29) is 5.92 Å². The van der Waals surface area contributed by atoms with E-state index in [1.165, 1.54) is 96.0 Å². The molecular formula is C27H42F2. The van der Waals surface area contributed by atoms with Gasteiger partial charge in [-0.25, -0.2) is 8.78 Å². The summed E-state index contributed by atoms with van der Waals surface area (Å²) in [4.78, 5) is 0. The maximum atomic E-state index is 14.0. The van der Waals surface area contributed by atoms with Gasteiger partial charge in [0, 0.05) is 0 Å². The van der Waals surface area contributed by atoms with Gasteiger partial charge < -0.3 is 0 Å². The zero-order valence-electron chi connectivity index (χ0n) is 18.6. The molecule has 2 fully saturated rings. The van der Waals surface area contributed by atoms with Crippen molar-refractivity contribution < 1.29 is 8.78 Å². The highest BCUT2D eigenvalue weighted by molar-refractivity contribution is 5.23. The number of benzene rings is 1. The third kappa shape index (κ3) is 7.07. The van der Waals surface area contributed by atoms with Crippen LogP contribution in [0.3, 0.4) is 0 Å². The van der Waals surface area contributed by atoms with Crippen LogP contribution in [0.25, 0.3) is 0 Å². The molecule has 1 aromatic rings. The zero-order chi connectivity index (χ0) is 20.5. The van der Waals surface area contributed by atoms with Gasteiger partial charge in [-0.05, 0) is 61.0 Å². The number of unbranched alkanes of at least 4 members (excludes halogenated alkanes) is 3. The molecule has 0 atom stereocenters. The molecule has 0 nitrogen and oxygen atoms in total. The predicted molar refractivity (Wildman–Crippen MR) is 119 cm³/mol. The fourth-order valence-electron chi connectivity index (χ4n) is 5.96. The van der Waals surface area contributed by atoms with Gasteiger partial charge in [-0.15, -0.1) is 0 Å². The lowest BCUT2D eigenvalue weighted by Crippen LogP contribution is -2.16. The van der Waals surface area contributed by atoms with Gasteiger partial charge in [0.15, 0.2) is 11.6 Å². The summed E-state index contributed by atoms with van der Waals surface area (Å²) in [7, 11) is 0. The molecule has 0 heterocycles. The highest BCUT2D eigenvalue weighted by Gasteiger charge is 2.25. The Balaban J connectivity index is 1.26. The highest BCUT2D eigenvalue weighted by atomic mass is 19.2. The standard InChI is InChI=1S/C27H42F2/c1-2-3-4-8-21-13-15-22(16-14-21)9-5-6-10-23-17-19-24(20-18-23)25-11-7-12-26(28)27(25)29/h7,11-12,21-24H,2-6,8-10,13-20H2,1H3/t21-,22-,23-,24-. The van der Waals surface area contributed by atoms with Crippen LogP contribution >= 0.6 is 0 Å². The summed E-state index contributed by atoms with van der Waals surface area (Å²) >= 11 is 0. The first-order valence-corrected chi connectivity index (χ1v) is 12.6. The predicted octanol–water partition coefficient (Wildman–Crippen LogP) is 9.19. The second-order valence-corrected chi connectivity index (χ2v) is 10.0. The molecule has 2 aliphatic carbocycles. The first-order chi connectivity index (χ1) is 14.2. The minimum absolute atomic E-state index is 0.217. The van der Waals surface area contributed by atoms with Crippen molar-refractivity contribution >= 4 is 0 Å². The second-order valence-electron chi connectivity index (χ2n) is 10.0. The molecule has 0 N–H and O–H groups in total. The summed E-state index contributed by atoms with van der Waals surface area (Å²) in [5.41, 5.74) is 0.605. The lowest BCUT2D eigenvalue weighted by atomic mass is 9.76. The Labute approximate surface area is 177 Å². The van der Waals surface area contributed by atoms with Gasteiger partial charge in [-0.1, -0.05) is 96.1 Å². The lowest BCUT2D eigenvalue weighted by Gasteiger charge is -2.30. The van der Waals surface area contributed by atoms with Crippen molar-refractivity contribution in [1.29, 1.82) is 0 Å². The van der Waals surface area contributed by atoms with Crippen LogP contribution < -0.4 is 0 Å². The van der Waals surface area contributed by atoms with Gasteiger partial charge in [0.05, 0.1) is 0 Å². The monoisotopic (exact) mass is 404 g/mol. The second kappa shape index (κ2) is 12.1. The van der Waals surface area contributed by atoms with E-state index in [1.807, 2.05) is 0 Å². The Bertz CT molecular complexity index is 580. The number of rotatable bonds is 10. The maximum Gasteiger partial charge on any atom is 0.162 e. The van der Waals surface area contributed by atoms with Gasteiger partial charge in [0.1, 0.15) is 0 Å². The van der Waals surface area contributed by atoms with Crippen molar-refractivity contribution in [2.75, 3.05) is 0 Å². The molecule has 2 heteroatoms. The van der Waals surface area contributed by atoms with E-state index in [0.717, 1.165) is 30.6 Å². The molecule has 3 rings (SSSR count). The van der Waals surface area contributed by atoms with E-state index in [4.69, 9.17) is 0 Å². The summed E-state index contributed by atoms with van der Waals surface area (Å²) in [6.45, 7) is 2.30. The van der Waals surface area contributed by atoms with Gasteiger partial charge >= 0.3 is 0 Å². The average Bonchev–Trinajstić information content (AvgIpc) is 2.75. The summed E-state index contributed by atoms with van der Waals surface area (Å²) in [6.07, 6.45) is 21.5. The van der Waals surface area contributed by atoms with Gasteiger partial charge in [0.2, 0.25) is 0 Å². The largest absolute Gasteiger partial charge is 0.204 e.